The van der Waals surface area contributed by atoms with Crippen molar-refractivity contribution in [3.63, 3.8) is 0 Å². The zero-order chi connectivity index (χ0) is 0. The van der Waals surface area contributed by atoms with Crippen molar-refractivity contribution in [2.24, 2.45) is 0 Å². The maximum absolute atomic E-state index is 0. The SMILES string of the molecule is [La].[O-2].[O-2].[Pb].[Ti].[Zr+4]. The van der Waals surface area contributed by atoms with Gasteiger partial charge in [0.25, 0.3) is 0 Å². The van der Waals surface area contributed by atoms with Crippen LogP contribution in [0.5, 0.6) is 0 Å². The van der Waals surface area contributed by atoms with Crippen molar-refractivity contribution in [2.75, 3.05) is 0 Å². The summed E-state index contributed by atoms with van der Waals surface area (Å²) in [7, 11) is 0. The average Bonchev–Trinajstić information content (AvgIpc) is 0. The van der Waals surface area contributed by atoms with Crippen molar-refractivity contribution in [1.82, 2.24) is 0 Å². The fraction of sp³-hybridized carbons (Fsp3) is 0. The minimum Gasteiger partial charge on any atom is -2.00 e. The molecule has 0 aliphatic heterocycles. The zero-order valence-electron chi connectivity index (χ0n) is 2.89. The first-order chi connectivity index (χ1) is 0. The van der Waals surface area contributed by atoms with Gasteiger partial charge in [0.2, 0.25) is 0 Å². The van der Waals surface area contributed by atoms with Crippen LogP contribution in [0.1, 0.15) is 0 Å². The van der Waals surface area contributed by atoms with Gasteiger partial charge in [0.15, 0.2) is 0 Å². The van der Waals surface area contributed by atoms with Gasteiger partial charge in [-0.2, -0.15) is 0 Å². The van der Waals surface area contributed by atoms with Crippen molar-refractivity contribution >= 4 is 27.3 Å². The fourth-order valence-electron chi connectivity index (χ4n) is 0. The Balaban J connectivity index is 0. The molecule has 2 nitrogen and oxygen atoms in total. The fourth-order valence-corrected chi connectivity index (χ4v) is 0. The van der Waals surface area contributed by atoms with Gasteiger partial charge in [0.1, 0.15) is 0 Å². The van der Waals surface area contributed by atoms with E-state index in [2.05, 4.69) is 0 Å². The topological polar surface area (TPSA) is 57.0 Å². The first-order valence-corrected chi connectivity index (χ1v) is 0. The van der Waals surface area contributed by atoms with E-state index in [1.54, 1.807) is 0 Å². The maximum Gasteiger partial charge on any atom is 4.00 e. The van der Waals surface area contributed by atoms with Crippen LogP contribution < -0.4 is 0 Å². The Hall–Kier alpha value is 3.63. The standard InChI is InChI=1S/La.2O.Pb.Ti.Zr/q;2*-2;;;+4. The van der Waals surface area contributed by atoms with Gasteiger partial charge < -0.3 is 11.0 Å². The molecule has 0 fully saturated rings. The first-order valence-electron chi connectivity index (χ1n) is 0. The maximum atomic E-state index is 0. The van der Waals surface area contributed by atoms with Crippen molar-refractivity contribution in [3.8, 4) is 0 Å². The van der Waals surface area contributed by atoms with E-state index in [0.29, 0.717) is 0 Å². The van der Waals surface area contributed by atoms with E-state index in [4.69, 9.17) is 0 Å². The molecule has 0 aromatic heterocycles. The predicted octanol–water partition coefficient (Wildman–Crippen LogP) is -0.623. The summed E-state index contributed by atoms with van der Waals surface area (Å²) in [6, 6.07) is 0. The molecular formula is LaO2PbTiZr. The van der Waals surface area contributed by atoms with Gasteiger partial charge >= 0.3 is 26.2 Å². The monoisotopic (exact) mass is 517 g/mol. The van der Waals surface area contributed by atoms with Crippen LogP contribution in [-0.2, 0) is 58.9 Å². The summed E-state index contributed by atoms with van der Waals surface area (Å²) in [5, 5.41) is 0. The van der Waals surface area contributed by atoms with Crippen LogP contribution in [0, 0.1) is 35.6 Å². The molecule has 0 unspecified atom stereocenters. The summed E-state index contributed by atoms with van der Waals surface area (Å²) >= 11 is 0. The summed E-state index contributed by atoms with van der Waals surface area (Å²) in [6.45, 7) is 0. The molecule has 0 aromatic carbocycles. The molecule has 27 valence electrons. The normalized spacial score (nSPS) is 0. The number of hydrogen-bond acceptors (Lipinski definition) is 0. The van der Waals surface area contributed by atoms with Crippen molar-refractivity contribution in [3.05, 3.63) is 0 Å². The molecule has 0 saturated carbocycles. The van der Waals surface area contributed by atoms with Crippen LogP contribution in [0.15, 0.2) is 0 Å². The summed E-state index contributed by atoms with van der Waals surface area (Å²) in [5.41, 5.74) is 0. The van der Waals surface area contributed by atoms with Gasteiger partial charge in [-0.1, -0.05) is 0 Å². The van der Waals surface area contributed by atoms with Gasteiger partial charge in [0.05, 0.1) is 0 Å². The molecule has 6 heavy (non-hydrogen) atoms. The summed E-state index contributed by atoms with van der Waals surface area (Å²) in [6.07, 6.45) is 0. The van der Waals surface area contributed by atoms with Crippen molar-refractivity contribution < 1.29 is 94.5 Å². The van der Waals surface area contributed by atoms with E-state index in [1.807, 2.05) is 0 Å². The van der Waals surface area contributed by atoms with Crippen LogP contribution in [0.25, 0.3) is 0 Å². The Labute approximate surface area is 119 Å². The molecule has 0 atom stereocenters. The third-order valence-corrected chi connectivity index (χ3v) is 0. The molecule has 0 saturated heterocycles. The van der Waals surface area contributed by atoms with Gasteiger partial charge in [-0.3, -0.25) is 0 Å². The molecule has 0 aliphatic carbocycles. The second kappa shape index (κ2) is 38.1. The molecular weight excluding hydrogens is 517 g/mol. The second-order valence-electron chi connectivity index (χ2n) is 0. The van der Waals surface area contributed by atoms with E-state index in [-0.39, 0.29) is 122 Å². The first kappa shape index (κ1) is 54.4. The minimum absolute atomic E-state index is 0. The molecule has 0 bridgehead atoms. The smallest absolute Gasteiger partial charge is 2.00 e. The summed E-state index contributed by atoms with van der Waals surface area (Å²) in [4.78, 5) is 0. The van der Waals surface area contributed by atoms with Gasteiger partial charge in [-0.25, -0.2) is 0 Å². The molecule has 0 aliphatic rings. The molecule has 0 rings (SSSR count). The predicted molar refractivity (Wildman–Crippen MR) is 7.13 cm³/mol. The Morgan fingerprint density at radius 1 is 0.833 bits per heavy atom. The zero-order valence-corrected chi connectivity index (χ0v) is 14.4. The van der Waals surface area contributed by atoms with E-state index in [9.17, 15) is 0 Å². The number of rotatable bonds is 0. The van der Waals surface area contributed by atoms with Crippen LogP contribution in [0.3, 0.4) is 0 Å². The van der Waals surface area contributed by atoms with Gasteiger partial charge in [0, 0.05) is 84.6 Å². The van der Waals surface area contributed by atoms with E-state index in [1.165, 1.54) is 0 Å². The molecule has 0 heterocycles. The largest absolute Gasteiger partial charge is 4.00 e. The van der Waals surface area contributed by atoms with Gasteiger partial charge in [-0.15, -0.1) is 0 Å². The molecule has 6 heteroatoms. The Morgan fingerprint density at radius 2 is 0.833 bits per heavy atom. The molecule has 0 spiro atoms. The molecule has 0 amide bonds. The van der Waals surface area contributed by atoms with Gasteiger partial charge in [-0.05, 0) is 0 Å². The van der Waals surface area contributed by atoms with E-state index < -0.39 is 0 Å². The summed E-state index contributed by atoms with van der Waals surface area (Å²) in [5.74, 6) is 0. The minimum atomic E-state index is 0. The van der Waals surface area contributed by atoms with E-state index >= 15 is 0 Å². The Kier molecular flexibility index (Phi) is 345. The third kappa shape index (κ3) is 25.4. The molecule has 0 N–H and O–H groups in total. The van der Waals surface area contributed by atoms with Crippen molar-refractivity contribution in [1.29, 1.82) is 0 Å². The number of hydrogen-bond donors (Lipinski definition) is 0. The Morgan fingerprint density at radius 3 is 0.833 bits per heavy atom. The summed E-state index contributed by atoms with van der Waals surface area (Å²) < 4.78 is 0. The molecule has 0 aromatic rings. The average molecular weight is 517 g/mol. The van der Waals surface area contributed by atoms with Crippen LogP contribution in [-0.4, -0.2) is 27.3 Å². The van der Waals surface area contributed by atoms with Crippen LogP contribution >= 0.6 is 0 Å². The quantitative estimate of drug-likeness (QED) is 0.385. The van der Waals surface area contributed by atoms with Crippen LogP contribution in [0.4, 0.5) is 0 Å². The van der Waals surface area contributed by atoms with Crippen molar-refractivity contribution in [2.45, 2.75) is 0 Å². The van der Waals surface area contributed by atoms with Crippen LogP contribution in [0.2, 0.25) is 0 Å². The second-order valence-corrected chi connectivity index (χ2v) is 0. The van der Waals surface area contributed by atoms with E-state index in [0.717, 1.165) is 0 Å². The third-order valence-electron chi connectivity index (χ3n) is 0. The molecule has 5 radical (unpaired) electrons. The Bertz CT molecular complexity index is 13.5.